The summed E-state index contributed by atoms with van der Waals surface area (Å²) >= 11 is 0. The number of pyridine rings is 1. The number of ketones is 1. The van der Waals surface area contributed by atoms with Crippen molar-refractivity contribution in [3.05, 3.63) is 54.2 Å². The van der Waals surface area contributed by atoms with E-state index in [1.165, 1.54) is 30.7 Å². The summed E-state index contributed by atoms with van der Waals surface area (Å²) in [4.78, 5) is 29.0. The van der Waals surface area contributed by atoms with Crippen LogP contribution in [0.5, 0.6) is 0 Å². The number of amides is 1. The highest BCUT2D eigenvalue weighted by molar-refractivity contribution is 7.89. The summed E-state index contributed by atoms with van der Waals surface area (Å²) in [5, 5.41) is 1.18. The monoisotopic (exact) mass is 332 g/mol. The molecule has 0 spiro atoms. The number of hydrogen-bond donors (Lipinski definition) is 1. The first-order valence-electron chi connectivity index (χ1n) is 6.84. The number of hydrogen-bond acceptors (Lipinski definition) is 5. The minimum absolute atomic E-state index is 0.0402. The Kier molecular flexibility index (Phi) is 3.80. The van der Waals surface area contributed by atoms with Crippen LogP contribution in [0.15, 0.2) is 53.6 Å². The van der Waals surface area contributed by atoms with E-state index in [0.717, 1.165) is 4.31 Å². The van der Waals surface area contributed by atoms with Crippen molar-refractivity contribution in [1.29, 1.82) is 0 Å². The first kappa shape index (κ1) is 15.5. The fourth-order valence-corrected chi connectivity index (χ4v) is 3.98. The Morgan fingerprint density at radius 2 is 1.87 bits per heavy atom. The van der Waals surface area contributed by atoms with Crippen LogP contribution in [0.3, 0.4) is 0 Å². The highest BCUT2D eigenvalue weighted by atomic mass is 32.2. The third-order valence-electron chi connectivity index (χ3n) is 3.67. The van der Waals surface area contributed by atoms with Gasteiger partial charge >= 0.3 is 5.91 Å². The SMILES string of the molecule is CN1C(C(=O)[NH2+]c2ccccn2)C(=O)c2ccccc2S1(=O)=O. The number of quaternary nitrogens is 1. The molecule has 0 saturated carbocycles. The molecule has 23 heavy (non-hydrogen) atoms. The fourth-order valence-electron chi connectivity index (χ4n) is 2.50. The first-order valence-corrected chi connectivity index (χ1v) is 8.28. The van der Waals surface area contributed by atoms with Crippen molar-refractivity contribution in [2.24, 2.45) is 0 Å². The van der Waals surface area contributed by atoms with Gasteiger partial charge in [-0.1, -0.05) is 18.2 Å². The minimum atomic E-state index is -3.89. The maximum absolute atomic E-state index is 12.6. The number of benzene rings is 1. The van der Waals surface area contributed by atoms with E-state index in [9.17, 15) is 18.0 Å². The van der Waals surface area contributed by atoms with Crippen LogP contribution < -0.4 is 5.32 Å². The number of primary amides is 1. The molecule has 0 fully saturated rings. The average Bonchev–Trinajstić information content (AvgIpc) is 2.54. The topological polar surface area (TPSA) is 101 Å². The van der Waals surface area contributed by atoms with Crippen LogP contribution in [0, 0.1) is 0 Å². The van der Waals surface area contributed by atoms with E-state index in [1.54, 1.807) is 30.3 Å². The second-order valence-corrected chi connectivity index (χ2v) is 7.05. The Balaban J connectivity index is 2.01. The van der Waals surface area contributed by atoms with E-state index >= 15 is 0 Å². The van der Waals surface area contributed by atoms with Crippen LogP contribution in [-0.2, 0) is 14.8 Å². The van der Waals surface area contributed by atoms with Crippen LogP contribution in [-0.4, -0.2) is 42.5 Å². The van der Waals surface area contributed by atoms with Crippen molar-refractivity contribution in [2.75, 3.05) is 7.05 Å². The summed E-state index contributed by atoms with van der Waals surface area (Å²) in [7, 11) is -2.65. The molecule has 1 amide bonds. The molecule has 3 rings (SSSR count). The molecule has 1 aromatic heterocycles. The number of rotatable bonds is 2. The molecular formula is C15H14N3O4S+. The van der Waals surface area contributed by atoms with Gasteiger partial charge in [0.2, 0.25) is 21.9 Å². The number of Topliss-reactive ketones (excluding diaryl/α,β-unsaturated/α-hetero) is 1. The van der Waals surface area contributed by atoms with Gasteiger partial charge in [-0.3, -0.25) is 4.79 Å². The zero-order valence-corrected chi connectivity index (χ0v) is 13.0. The molecular weight excluding hydrogens is 318 g/mol. The van der Waals surface area contributed by atoms with Crippen molar-refractivity contribution in [3.8, 4) is 0 Å². The summed E-state index contributed by atoms with van der Waals surface area (Å²) in [5.41, 5.74) is 0.0402. The Labute approximate surface area is 133 Å². The largest absolute Gasteiger partial charge is 0.343 e. The molecule has 2 N–H and O–H groups in total. The zero-order chi connectivity index (χ0) is 16.6. The maximum atomic E-state index is 12.6. The lowest BCUT2D eigenvalue weighted by Gasteiger charge is -2.29. The Hall–Kier alpha value is -2.42. The van der Waals surface area contributed by atoms with Crippen LogP contribution in [0.25, 0.3) is 0 Å². The number of carbonyl (C=O) groups excluding carboxylic acids is 2. The molecule has 0 bridgehead atoms. The second-order valence-electron chi connectivity index (χ2n) is 5.09. The van der Waals surface area contributed by atoms with Gasteiger partial charge in [-0.2, -0.15) is 4.31 Å². The van der Waals surface area contributed by atoms with Gasteiger partial charge in [-0.25, -0.2) is 23.5 Å². The molecule has 0 saturated heterocycles. The smallest absolute Gasteiger partial charge is 0.292 e. The van der Waals surface area contributed by atoms with Gasteiger partial charge < -0.3 is 0 Å². The van der Waals surface area contributed by atoms with Gasteiger partial charge in [0.05, 0.1) is 4.90 Å². The zero-order valence-electron chi connectivity index (χ0n) is 12.2. The fraction of sp³-hybridized carbons (Fsp3) is 0.133. The van der Waals surface area contributed by atoms with Crippen molar-refractivity contribution >= 4 is 27.5 Å². The lowest BCUT2D eigenvalue weighted by Crippen LogP contribution is -2.87. The van der Waals surface area contributed by atoms with Crippen molar-refractivity contribution in [3.63, 3.8) is 0 Å². The number of nitrogens with zero attached hydrogens (tertiary/aromatic N) is 2. The highest BCUT2D eigenvalue weighted by Gasteiger charge is 2.47. The van der Waals surface area contributed by atoms with E-state index in [0.29, 0.717) is 5.82 Å². The van der Waals surface area contributed by atoms with E-state index in [-0.39, 0.29) is 10.5 Å². The number of nitrogens with two attached hydrogens (primary N) is 1. The van der Waals surface area contributed by atoms with Crippen LogP contribution >= 0.6 is 0 Å². The number of fused-ring (bicyclic) bond motifs is 1. The van der Waals surface area contributed by atoms with E-state index in [1.807, 2.05) is 0 Å². The number of aromatic nitrogens is 1. The van der Waals surface area contributed by atoms with Crippen molar-refractivity contribution in [1.82, 2.24) is 9.29 Å². The molecule has 0 aliphatic carbocycles. The molecule has 7 nitrogen and oxygen atoms in total. The lowest BCUT2D eigenvalue weighted by atomic mass is 10.0. The molecule has 8 heteroatoms. The standard InChI is InChI=1S/C15H13N3O4S/c1-18-13(15(20)17-12-8-4-5-9-16-12)14(19)10-6-2-3-7-11(10)23(18,21)22/h2-9,13H,1H3,(H,16,17,20)/p+1. The molecule has 1 aromatic carbocycles. The van der Waals surface area contributed by atoms with Gasteiger partial charge in [0.1, 0.15) is 0 Å². The number of likely N-dealkylation sites (N-methyl/N-ethyl adjacent to an activating group) is 1. The third kappa shape index (κ3) is 2.56. The van der Waals surface area contributed by atoms with Gasteiger partial charge in [-0.15, -0.1) is 0 Å². The predicted octanol–water partition coefficient (Wildman–Crippen LogP) is -0.311. The third-order valence-corrected chi connectivity index (χ3v) is 5.55. The Bertz CT molecular complexity index is 881. The van der Waals surface area contributed by atoms with E-state index < -0.39 is 27.8 Å². The minimum Gasteiger partial charge on any atom is -0.292 e. The molecule has 0 radical (unpaired) electrons. The summed E-state index contributed by atoms with van der Waals surface area (Å²) < 4.78 is 25.8. The van der Waals surface area contributed by atoms with Crippen molar-refractivity contribution < 1.29 is 23.3 Å². The second kappa shape index (κ2) is 5.65. The van der Waals surface area contributed by atoms with Gasteiger partial charge in [-0.05, 0) is 18.2 Å². The number of carbonyl (C=O) groups is 2. The number of sulfonamides is 1. The van der Waals surface area contributed by atoms with Gasteiger partial charge in [0.15, 0.2) is 5.78 Å². The molecule has 2 aromatic rings. The van der Waals surface area contributed by atoms with Crippen LogP contribution in [0.4, 0.5) is 5.82 Å². The summed E-state index contributed by atoms with van der Waals surface area (Å²) in [6.07, 6.45) is 1.51. The molecule has 118 valence electrons. The molecule has 1 atom stereocenters. The van der Waals surface area contributed by atoms with Gasteiger partial charge in [0, 0.05) is 24.9 Å². The van der Waals surface area contributed by atoms with E-state index in [4.69, 9.17) is 0 Å². The molecule has 1 aliphatic heterocycles. The molecule has 1 aliphatic rings. The van der Waals surface area contributed by atoms with Gasteiger partial charge in [0.25, 0.3) is 0 Å². The maximum Gasteiger partial charge on any atom is 0.343 e. The Morgan fingerprint density at radius 1 is 1.17 bits per heavy atom. The molecule has 2 heterocycles. The highest BCUT2D eigenvalue weighted by Crippen LogP contribution is 2.28. The summed E-state index contributed by atoms with van der Waals surface area (Å²) in [5.74, 6) is -0.778. The quantitative estimate of drug-likeness (QED) is 0.760. The van der Waals surface area contributed by atoms with Crippen molar-refractivity contribution in [2.45, 2.75) is 10.9 Å². The lowest BCUT2D eigenvalue weighted by molar-refractivity contribution is -0.488. The average molecular weight is 332 g/mol. The summed E-state index contributed by atoms with van der Waals surface area (Å²) in [6, 6.07) is 9.49. The Morgan fingerprint density at radius 3 is 2.57 bits per heavy atom. The summed E-state index contributed by atoms with van der Waals surface area (Å²) in [6.45, 7) is 0. The van der Waals surface area contributed by atoms with Crippen LogP contribution in [0.2, 0.25) is 0 Å². The first-order chi connectivity index (χ1) is 10.9. The normalized spacial score (nSPS) is 20.0. The van der Waals surface area contributed by atoms with E-state index in [2.05, 4.69) is 4.98 Å². The van der Waals surface area contributed by atoms with Crippen LogP contribution in [0.1, 0.15) is 10.4 Å². The predicted molar refractivity (Wildman–Crippen MR) is 80.3 cm³/mol. The molecule has 1 unspecified atom stereocenters.